The SMILES string of the molecule is NC(N)=NCc1ccnn(Cc2ccccc2)c1=O. The highest BCUT2D eigenvalue weighted by atomic mass is 16.1. The van der Waals surface area contributed by atoms with E-state index < -0.39 is 0 Å². The zero-order chi connectivity index (χ0) is 13.7. The maximum Gasteiger partial charge on any atom is 0.272 e. The van der Waals surface area contributed by atoms with Crippen LogP contribution in [0.5, 0.6) is 0 Å². The lowest BCUT2D eigenvalue weighted by Crippen LogP contribution is -2.27. The first-order chi connectivity index (χ1) is 9.16. The smallest absolute Gasteiger partial charge is 0.272 e. The number of benzene rings is 1. The second-order valence-electron chi connectivity index (χ2n) is 4.05. The van der Waals surface area contributed by atoms with E-state index in [0.29, 0.717) is 12.1 Å². The summed E-state index contributed by atoms with van der Waals surface area (Å²) < 4.78 is 1.40. The van der Waals surface area contributed by atoms with Gasteiger partial charge in [0.1, 0.15) is 0 Å². The van der Waals surface area contributed by atoms with Gasteiger partial charge < -0.3 is 11.5 Å². The van der Waals surface area contributed by atoms with Gasteiger partial charge in [0, 0.05) is 11.8 Å². The number of nitrogens with two attached hydrogens (primary N) is 2. The van der Waals surface area contributed by atoms with E-state index >= 15 is 0 Å². The molecule has 1 aromatic heterocycles. The van der Waals surface area contributed by atoms with E-state index in [1.54, 1.807) is 12.3 Å². The van der Waals surface area contributed by atoms with E-state index in [4.69, 9.17) is 11.5 Å². The van der Waals surface area contributed by atoms with Crippen molar-refractivity contribution in [1.82, 2.24) is 9.78 Å². The van der Waals surface area contributed by atoms with Gasteiger partial charge in [0.05, 0.1) is 13.1 Å². The van der Waals surface area contributed by atoms with E-state index in [2.05, 4.69) is 10.1 Å². The molecule has 0 saturated carbocycles. The highest BCUT2D eigenvalue weighted by molar-refractivity contribution is 5.75. The van der Waals surface area contributed by atoms with Gasteiger partial charge in [0.2, 0.25) is 0 Å². The lowest BCUT2D eigenvalue weighted by Gasteiger charge is -2.05. The van der Waals surface area contributed by atoms with Crippen molar-refractivity contribution in [2.24, 2.45) is 16.5 Å². The van der Waals surface area contributed by atoms with E-state index in [1.807, 2.05) is 30.3 Å². The van der Waals surface area contributed by atoms with Gasteiger partial charge in [-0.2, -0.15) is 5.10 Å². The largest absolute Gasteiger partial charge is 0.370 e. The molecule has 4 N–H and O–H groups in total. The molecule has 0 aliphatic heterocycles. The molecule has 98 valence electrons. The van der Waals surface area contributed by atoms with E-state index in [1.165, 1.54) is 4.68 Å². The topological polar surface area (TPSA) is 99.3 Å². The van der Waals surface area contributed by atoms with Crippen LogP contribution in [0.2, 0.25) is 0 Å². The van der Waals surface area contributed by atoms with Crippen molar-refractivity contribution in [3.63, 3.8) is 0 Å². The second kappa shape index (κ2) is 5.81. The minimum absolute atomic E-state index is 0.0363. The Hall–Kier alpha value is -2.63. The molecule has 2 rings (SSSR count). The Morgan fingerprint density at radius 3 is 2.63 bits per heavy atom. The lowest BCUT2D eigenvalue weighted by atomic mass is 10.2. The van der Waals surface area contributed by atoms with Crippen LogP contribution in [0.4, 0.5) is 0 Å². The normalized spacial score (nSPS) is 10.1. The Morgan fingerprint density at radius 1 is 1.21 bits per heavy atom. The first kappa shape index (κ1) is 12.8. The average Bonchev–Trinajstić information content (AvgIpc) is 2.41. The minimum atomic E-state index is -0.184. The van der Waals surface area contributed by atoms with Crippen molar-refractivity contribution in [3.8, 4) is 0 Å². The molecule has 0 radical (unpaired) electrons. The van der Waals surface area contributed by atoms with E-state index in [-0.39, 0.29) is 18.1 Å². The Labute approximate surface area is 110 Å². The third-order valence-electron chi connectivity index (χ3n) is 2.60. The predicted molar refractivity (Wildman–Crippen MR) is 73.6 cm³/mol. The summed E-state index contributed by atoms with van der Waals surface area (Å²) in [6.07, 6.45) is 1.57. The average molecular weight is 257 g/mol. The van der Waals surface area contributed by atoms with Crippen molar-refractivity contribution in [2.45, 2.75) is 13.1 Å². The fourth-order valence-corrected chi connectivity index (χ4v) is 1.66. The molecule has 1 aromatic carbocycles. The molecule has 1 heterocycles. The molecule has 0 aliphatic rings. The fraction of sp³-hybridized carbons (Fsp3) is 0.154. The van der Waals surface area contributed by atoms with Crippen molar-refractivity contribution in [1.29, 1.82) is 0 Å². The zero-order valence-corrected chi connectivity index (χ0v) is 10.4. The summed E-state index contributed by atoms with van der Waals surface area (Å²) in [5.41, 5.74) is 11.9. The first-order valence-corrected chi connectivity index (χ1v) is 5.81. The van der Waals surface area contributed by atoms with Crippen molar-refractivity contribution in [3.05, 3.63) is 64.1 Å². The number of hydrogen-bond donors (Lipinski definition) is 2. The molecule has 6 heteroatoms. The standard InChI is InChI=1S/C13H15N5O/c14-13(15)16-8-11-6-7-17-18(12(11)19)9-10-4-2-1-3-5-10/h1-7H,8-9H2,(H4,14,15,16). The van der Waals surface area contributed by atoms with Gasteiger partial charge in [-0.3, -0.25) is 4.79 Å². The number of guanidine groups is 1. The van der Waals surface area contributed by atoms with Crippen LogP contribution in [0.1, 0.15) is 11.1 Å². The van der Waals surface area contributed by atoms with Gasteiger partial charge in [0.25, 0.3) is 5.56 Å². The zero-order valence-electron chi connectivity index (χ0n) is 10.4. The van der Waals surface area contributed by atoms with Crippen molar-refractivity contribution in [2.75, 3.05) is 0 Å². The van der Waals surface area contributed by atoms with Crippen molar-refractivity contribution >= 4 is 5.96 Å². The number of aliphatic imine (C=N–C) groups is 1. The van der Waals surface area contributed by atoms with Crippen LogP contribution in [-0.4, -0.2) is 15.7 Å². The molecule has 0 atom stereocenters. The molecule has 0 amide bonds. The van der Waals surface area contributed by atoms with Crippen LogP contribution in [0.3, 0.4) is 0 Å². The minimum Gasteiger partial charge on any atom is -0.370 e. The molecule has 0 fully saturated rings. The molecular formula is C13H15N5O. The number of aromatic nitrogens is 2. The molecular weight excluding hydrogens is 242 g/mol. The molecule has 0 spiro atoms. The first-order valence-electron chi connectivity index (χ1n) is 5.81. The predicted octanol–water partition coefficient (Wildman–Crippen LogP) is 0.0650. The Morgan fingerprint density at radius 2 is 1.95 bits per heavy atom. The van der Waals surface area contributed by atoms with Gasteiger partial charge in [-0.25, -0.2) is 9.67 Å². The van der Waals surface area contributed by atoms with Gasteiger partial charge in [-0.05, 0) is 11.6 Å². The van der Waals surface area contributed by atoms with E-state index in [9.17, 15) is 4.79 Å². The quantitative estimate of drug-likeness (QED) is 0.597. The van der Waals surface area contributed by atoms with Gasteiger partial charge >= 0.3 is 0 Å². The molecule has 19 heavy (non-hydrogen) atoms. The van der Waals surface area contributed by atoms with Gasteiger partial charge in [0.15, 0.2) is 5.96 Å². The summed E-state index contributed by atoms with van der Waals surface area (Å²) in [5, 5.41) is 4.05. The summed E-state index contributed by atoms with van der Waals surface area (Å²) in [4.78, 5) is 16.0. The highest BCUT2D eigenvalue weighted by Crippen LogP contribution is 2.00. The summed E-state index contributed by atoms with van der Waals surface area (Å²) in [5.74, 6) is -0.0363. The Balaban J connectivity index is 2.25. The van der Waals surface area contributed by atoms with Crippen LogP contribution < -0.4 is 17.0 Å². The molecule has 0 aliphatic carbocycles. The molecule has 0 unspecified atom stereocenters. The summed E-state index contributed by atoms with van der Waals surface area (Å²) in [7, 11) is 0. The number of hydrogen-bond acceptors (Lipinski definition) is 3. The Kier molecular flexibility index (Phi) is 3.92. The molecule has 6 nitrogen and oxygen atoms in total. The summed E-state index contributed by atoms with van der Waals surface area (Å²) in [6, 6.07) is 11.3. The number of nitrogens with zero attached hydrogens (tertiary/aromatic N) is 3. The summed E-state index contributed by atoms with van der Waals surface area (Å²) >= 11 is 0. The van der Waals surface area contributed by atoms with Crippen molar-refractivity contribution < 1.29 is 0 Å². The third-order valence-corrected chi connectivity index (χ3v) is 2.60. The van der Waals surface area contributed by atoms with Gasteiger partial charge in [-0.1, -0.05) is 30.3 Å². The molecule has 2 aromatic rings. The van der Waals surface area contributed by atoms with Crippen LogP contribution >= 0.6 is 0 Å². The molecule has 0 bridgehead atoms. The second-order valence-corrected chi connectivity index (χ2v) is 4.05. The van der Waals surface area contributed by atoms with E-state index in [0.717, 1.165) is 5.56 Å². The fourth-order valence-electron chi connectivity index (χ4n) is 1.66. The van der Waals surface area contributed by atoms with Crippen LogP contribution in [0.15, 0.2) is 52.4 Å². The maximum absolute atomic E-state index is 12.1. The van der Waals surface area contributed by atoms with Crippen LogP contribution in [0, 0.1) is 0 Å². The third kappa shape index (κ3) is 3.41. The maximum atomic E-state index is 12.1. The number of rotatable bonds is 4. The Bertz CT molecular complexity index is 629. The highest BCUT2D eigenvalue weighted by Gasteiger charge is 2.04. The monoisotopic (exact) mass is 257 g/mol. The van der Waals surface area contributed by atoms with Crippen LogP contribution in [-0.2, 0) is 13.1 Å². The lowest BCUT2D eigenvalue weighted by molar-refractivity contribution is 0.629. The molecule has 0 saturated heterocycles. The summed E-state index contributed by atoms with van der Waals surface area (Å²) in [6.45, 7) is 0.591. The van der Waals surface area contributed by atoms with Gasteiger partial charge in [-0.15, -0.1) is 0 Å². The van der Waals surface area contributed by atoms with Crippen LogP contribution in [0.25, 0.3) is 0 Å².